The van der Waals surface area contributed by atoms with Gasteiger partial charge in [-0.05, 0) is 32.2 Å². The summed E-state index contributed by atoms with van der Waals surface area (Å²) in [4.78, 5) is 6.48. The summed E-state index contributed by atoms with van der Waals surface area (Å²) in [5.41, 5.74) is 2.34. The normalized spacial score (nSPS) is 22.7. The molecule has 0 saturated carbocycles. The second-order valence-electron chi connectivity index (χ2n) is 6.02. The minimum absolute atomic E-state index is 0.141. The summed E-state index contributed by atoms with van der Waals surface area (Å²) in [6.45, 7) is 5.51. The van der Waals surface area contributed by atoms with Crippen molar-refractivity contribution in [2.45, 2.75) is 26.1 Å². The molecule has 3 aromatic rings. The third-order valence-corrected chi connectivity index (χ3v) is 3.90. The van der Waals surface area contributed by atoms with Crippen LogP contribution in [0.15, 0.2) is 27.0 Å². The average Bonchev–Trinajstić information content (AvgIpc) is 3.10. The molecule has 1 aliphatic heterocycles. The van der Waals surface area contributed by atoms with E-state index in [1.54, 1.807) is 0 Å². The number of rotatable bonds is 2. The maximum Gasteiger partial charge on any atom is 0.248 e. The summed E-state index contributed by atoms with van der Waals surface area (Å²) in [5, 5.41) is 8.30. The van der Waals surface area contributed by atoms with Crippen molar-refractivity contribution in [1.29, 1.82) is 0 Å². The standard InChI is InChI=1S/C16H18N4O3/c1-9-7-20(3)8-14(21-9)16-19-18-15(23-16)11-4-5-12-13(6-11)22-10(2)17-12/h4-6,9,14H,7-8H2,1-3H3/t9-,14-/m1/s1. The summed E-state index contributed by atoms with van der Waals surface area (Å²) < 4.78 is 17.3. The number of hydrogen-bond donors (Lipinski definition) is 0. The van der Waals surface area contributed by atoms with Crippen molar-refractivity contribution in [2.75, 3.05) is 20.1 Å². The maximum absolute atomic E-state index is 5.90. The molecule has 7 nitrogen and oxygen atoms in total. The van der Waals surface area contributed by atoms with Crippen LogP contribution in [0.1, 0.15) is 24.8 Å². The molecular formula is C16H18N4O3. The Kier molecular flexibility index (Phi) is 3.39. The lowest BCUT2D eigenvalue weighted by atomic mass is 10.2. The zero-order valence-corrected chi connectivity index (χ0v) is 13.3. The van der Waals surface area contributed by atoms with E-state index in [2.05, 4.69) is 27.1 Å². The Labute approximate surface area is 133 Å². The van der Waals surface area contributed by atoms with Gasteiger partial charge in [0.1, 0.15) is 11.6 Å². The van der Waals surface area contributed by atoms with E-state index in [1.165, 1.54) is 0 Å². The average molecular weight is 314 g/mol. The fourth-order valence-electron chi connectivity index (χ4n) is 2.95. The molecule has 0 bridgehead atoms. The molecule has 7 heteroatoms. The molecule has 2 aromatic heterocycles. The van der Waals surface area contributed by atoms with Crippen LogP contribution in [0.2, 0.25) is 0 Å². The smallest absolute Gasteiger partial charge is 0.248 e. The Balaban J connectivity index is 1.63. The molecule has 4 rings (SSSR count). The Morgan fingerprint density at radius 3 is 2.87 bits per heavy atom. The third-order valence-electron chi connectivity index (χ3n) is 3.90. The van der Waals surface area contributed by atoms with Crippen LogP contribution >= 0.6 is 0 Å². The first kappa shape index (κ1) is 14.3. The minimum Gasteiger partial charge on any atom is -0.441 e. The summed E-state index contributed by atoms with van der Waals surface area (Å²) >= 11 is 0. The molecule has 0 aliphatic carbocycles. The predicted molar refractivity (Wildman–Crippen MR) is 82.8 cm³/mol. The van der Waals surface area contributed by atoms with Crippen molar-refractivity contribution in [3.05, 3.63) is 30.0 Å². The highest BCUT2D eigenvalue weighted by atomic mass is 16.5. The van der Waals surface area contributed by atoms with E-state index in [-0.39, 0.29) is 12.2 Å². The molecule has 3 heterocycles. The van der Waals surface area contributed by atoms with Gasteiger partial charge in [0.2, 0.25) is 11.8 Å². The predicted octanol–water partition coefficient (Wildman–Crippen LogP) is 2.58. The van der Waals surface area contributed by atoms with E-state index in [0.717, 1.165) is 24.2 Å². The summed E-state index contributed by atoms with van der Waals surface area (Å²) in [5.74, 6) is 1.60. The number of oxazole rings is 1. The molecule has 0 radical (unpaired) electrons. The van der Waals surface area contributed by atoms with Gasteiger partial charge in [0, 0.05) is 25.6 Å². The third kappa shape index (κ3) is 2.73. The molecule has 0 spiro atoms. The first-order valence-corrected chi connectivity index (χ1v) is 7.63. The SMILES string of the molecule is Cc1nc2ccc(-c3nnc([C@H]4CN(C)C[C@@H](C)O4)o3)cc2o1. The molecular weight excluding hydrogens is 296 g/mol. The zero-order chi connectivity index (χ0) is 16.0. The number of aromatic nitrogens is 3. The fraction of sp³-hybridized carbons (Fsp3) is 0.438. The number of ether oxygens (including phenoxy) is 1. The van der Waals surface area contributed by atoms with Gasteiger partial charge in [0.25, 0.3) is 0 Å². The number of fused-ring (bicyclic) bond motifs is 1. The lowest BCUT2D eigenvalue weighted by molar-refractivity contribution is -0.0821. The van der Waals surface area contributed by atoms with E-state index in [0.29, 0.717) is 23.3 Å². The molecule has 2 atom stereocenters. The molecule has 0 amide bonds. The second-order valence-corrected chi connectivity index (χ2v) is 6.02. The minimum atomic E-state index is -0.193. The fourth-order valence-corrected chi connectivity index (χ4v) is 2.95. The second kappa shape index (κ2) is 5.43. The topological polar surface area (TPSA) is 77.4 Å². The first-order valence-electron chi connectivity index (χ1n) is 7.63. The van der Waals surface area contributed by atoms with Crippen molar-refractivity contribution in [1.82, 2.24) is 20.1 Å². The van der Waals surface area contributed by atoms with Crippen LogP contribution in [0.4, 0.5) is 0 Å². The first-order chi connectivity index (χ1) is 11.1. The molecule has 0 N–H and O–H groups in total. The number of hydrogen-bond acceptors (Lipinski definition) is 7. The molecule has 120 valence electrons. The molecule has 23 heavy (non-hydrogen) atoms. The van der Waals surface area contributed by atoms with E-state index < -0.39 is 0 Å². The van der Waals surface area contributed by atoms with Crippen molar-refractivity contribution in [3.63, 3.8) is 0 Å². The van der Waals surface area contributed by atoms with E-state index in [1.807, 2.05) is 32.0 Å². The maximum atomic E-state index is 5.90. The van der Waals surface area contributed by atoms with Gasteiger partial charge in [-0.15, -0.1) is 10.2 Å². The number of benzene rings is 1. The van der Waals surface area contributed by atoms with E-state index in [4.69, 9.17) is 13.6 Å². The van der Waals surface area contributed by atoms with Gasteiger partial charge in [-0.1, -0.05) is 0 Å². The van der Waals surface area contributed by atoms with Gasteiger partial charge >= 0.3 is 0 Å². The van der Waals surface area contributed by atoms with Crippen molar-refractivity contribution < 1.29 is 13.6 Å². The van der Waals surface area contributed by atoms with Crippen LogP contribution in [0, 0.1) is 6.92 Å². The number of morpholine rings is 1. The summed E-state index contributed by atoms with van der Waals surface area (Å²) in [7, 11) is 2.06. The van der Waals surface area contributed by atoms with Gasteiger partial charge in [-0.3, -0.25) is 0 Å². The largest absolute Gasteiger partial charge is 0.441 e. The summed E-state index contributed by atoms with van der Waals surface area (Å²) in [6.07, 6.45) is -0.0520. The van der Waals surface area contributed by atoms with E-state index in [9.17, 15) is 0 Å². The van der Waals surface area contributed by atoms with Crippen molar-refractivity contribution in [3.8, 4) is 11.5 Å². The summed E-state index contributed by atoms with van der Waals surface area (Å²) in [6, 6.07) is 5.65. The molecule has 0 unspecified atom stereocenters. The van der Waals surface area contributed by atoms with Gasteiger partial charge in [-0.25, -0.2) is 4.98 Å². The van der Waals surface area contributed by atoms with Gasteiger partial charge in [0.15, 0.2) is 11.5 Å². The molecule has 1 aliphatic rings. The molecule has 1 fully saturated rings. The van der Waals surface area contributed by atoms with Crippen LogP contribution in [-0.2, 0) is 4.74 Å². The molecule has 1 aromatic carbocycles. The lowest BCUT2D eigenvalue weighted by Crippen LogP contribution is -2.40. The van der Waals surface area contributed by atoms with Crippen LogP contribution in [-0.4, -0.2) is 46.3 Å². The highest BCUT2D eigenvalue weighted by Gasteiger charge is 2.28. The van der Waals surface area contributed by atoms with Crippen LogP contribution in [0.3, 0.4) is 0 Å². The van der Waals surface area contributed by atoms with Crippen LogP contribution in [0.25, 0.3) is 22.6 Å². The van der Waals surface area contributed by atoms with Crippen LogP contribution in [0.5, 0.6) is 0 Å². The van der Waals surface area contributed by atoms with Gasteiger partial charge < -0.3 is 18.5 Å². The number of nitrogens with zero attached hydrogens (tertiary/aromatic N) is 4. The number of aryl methyl sites for hydroxylation is 1. The lowest BCUT2D eigenvalue weighted by Gasteiger charge is -2.32. The number of likely N-dealkylation sites (N-methyl/N-ethyl adjacent to an activating group) is 1. The Morgan fingerprint density at radius 1 is 1.17 bits per heavy atom. The van der Waals surface area contributed by atoms with Crippen LogP contribution < -0.4 is 0 Å². The van der Waals surface area contributed by atoms with Gasteiger partial charge in [0.05, 0.1) is 6.10 Å². The van der Waals surface area contributed by atoms with Crippen molar-refractivity contribution >= 4 is 11.1 Å². The Hall–Kier alpha value is -2.25. The van der Waals surface area contributed by atoms with Crippen molar-refractivity contribution in [2.24, 2.45) is 0 Å². The Bertz CT molecular complexity index is 831. The quantitative estimate of drug-likeness (QED) is 0.719. The van der Waals surface area contributed by atoms with Gasteiger partial charge in [-0.2, -0.15) is 0 Å². The highest BCUT2D eigenvalue weighted by molar-refractivity contribution is 5.78. The molecule has 1 saturated heterocycles. The monoisotopic (exact) mass is 314 g/mol. The Morgan fingerprint density at radius 2 is 2.04 bits per heavy atom. The van der Waals surface area contributed by atoms with E-state index >= 15 is 0 Å². The highest BCUT2D eigenvalue weighted by Crippen LogP contribution is 2.28. The zero-order valence-electron chi connectivity index (χ0n) is 13.3.